The summed E-state index contributed by atoms with van der Waals surface area (Å²) in [5, 5.41) is 9.80. The van der Waals surface area contributed by atoms with E-state index in [2.05, 4.69) is 25.9 Å². The third kappa shape index (κ3) is 4.30. The Morgan fingerprint density at radius 3 is 2.55 bits per heavy atom. The number of benzene rings is 1. The minimum Gasteiger partial charge on any atom is -0.497 e. The third-order valence-corrected chi connectivity index (χ3v) is 4.43. The molecule has 148 valence electrons. The minimum atomic E-state index is -0.340. The van der Waals surface area contributed by atoms with Gasteiger partial charge in [-0.3, -0.25) is 0 Å². The molecular weight excluding hydrogens is 390 g/mol. The van der Waals surface area contributed by atoms with Gasteiger partial charge in [0.1, 0.15) is 17.3 Å². The van der Waals surface area contributed by atoms with E-state index < -0.39 is 0 Å². The summed E-state index contributed by atoms with van der Waals surface area (Å²) in [6.07, 6.45) is 3.07. The predicted molar refractivity (Wildman–Crippen MR) is 115 cm³/mol. The molecule has 0 saturated heterocycles. The number of rotatable bonds is 5. The van der Waals surface area contributed by atoms with Gasteiger partial charge < -0.3 is 30.2 Å². The van der Waals surface area contributed by atoms with Crippen molar-refractivity contribution in [2.75, 3.05) is 30.2 Å². The molecule has 1 aliphatic heterocycles. The molecule has 0 spiro atoms. The second kappa shape index (κ2) is 8.19. The predicted octanol–water partition coefficient (Wildman–Crippen LogP) is 3.81. The van der Waals surface area contributed by atoms with Crippen LogP contribution in [-0.2, 0) is 0 Å². The third-order valence-electron chi connectivity index (χ3n) is 4.22. The summed E-state index contributed by atoms with van der Waals surface area (Å²) in [6, 6.07) is 12.9. The second-order valence-electron chi connectivity index (χ2n) is 6.15. The molecule has 29 heavy (non-hydrogen) atoms. The maximum Gasteiger partial charge on any atom is 0.198 e. The molecule has 4 rings (SSSR count). The highest BCUT2D eigenvalue weighted by Crippen LogP contribution is 2.35. The van der Waals surface area contributed by atoms with Crippen LogP contribution >= 0.6 is 12.2 Å². The quantitative estimate of drug-likeness (QED) is 0.544. The molecule has 0 amide bonds. The first kappa shape index (κ1) is 18.8. The van der Waals surface area contributed by atoms with E-state index in [0.29, 0.717) is 34.0 Å². The van der Waals surface area contributed by atoms with Crippen molar-refractivity contribution in [1.29, 1.82) is 0 Å². The highest BCUT2D eigenvalue weighted by molar-refractivity contribution is 7.80. The van der Waals surface area contributed by atoms with Gasteiger partial charge in [0.05, 0.1) is 14.2 Å². The Hall–Kier alpha value is -3.59. The van der Waals surface area contributed by atoms with E-state index in [-0.39, 0.29) is 6.23 Å². The zero-order valence-electron chi connectivity index (χ0n) is 15.8. The number of aromatic nitrogens is 2. The standard InChI is InChI=1S/C20H19N5O3S/c1-26-14-9-13(10-15(11-14)27-2)23-20(29)24-17-8-12(5-7-21-17)19-25-18-16(28-19)4-3-6-22-18/h3-11,19H,1-2H3,(H,22,25)(H2,21,23,24,29). The highest BCUT2D eigenvalue weighted by Gasteiger charge is 2.24. The van der Waals surface area contributed by atoms with Gasteiger partial charge in [-0.1, -0.05) is 0 Å². The summed E-state index contributed by atoms with van der Waals surface area (Å²) in [5.41, 5.74) is 1.63. The molecular formula is C20H19N5O3S. The lowest BCUT2D eigenvalue weighted by molar-refractivity contribution is 0.260. The topological polar surface area (TPSA) is 89.6 Å². The number of anilines is 3. The van der Waals surface area contributed by atoms with E-state index in [1.807, 2.05) is 36.4 Å². The molecule has 1 atom stereocenters. The number of hydrogen-bond donors (Lipinski definition) is 3. The lowest BCUT2D eigenvalue weighted by atomic mass is 10.2. The fraction of sp³-hybridized carbons (Fsp3) is 0.150. The molecule has 3 heterocycles. The molecule has 1 unspecified atom stereocenters. The summed E-state index contributed by atoms with van der Waals surface area (Å²) in [6.45, 7) is 0. The van der Waals surface area contributed by atoms with Crippen LogP contribution < -0.4 is 30.2 Å². The van der Waals surface area contributed by atoms with Gasteiger partial charge in [0.15, 0.2) is 22.9 Å². The van der Waals surface area contributed by atoms with Crippen LogP contribution in [-0.4, -0.2) is 29.3 Å². The first-order valence-corrected chi connectivity index (χ1v) is 9.20. The van der Waals surface area contributed by atoms with E-state index in [1.165, 1.54) is 0 Å². The van der Waals surface area contributed by atoms with Crippen molar-refractivity contribution in [2.45, 2.75) is 6.23 Å². The molecule has 0 bridgehead atoms. The molecule has 0 aliphatic carbocycles. The van der Waals surface area contributed by atoms with E-state index in [0.717, 1.165) is 11.3 Å². The Kier molecular flexibility index (Phi) is 5.30. The monoisotopic (exact) mass is 409 g/mol. The van der Waals surface area contributed by atoms with Crippen LogP contribution in [0.3, 0.4) is 0 Å². The number of fused-ring (bicyclic) bond motifs is 1. The summed E-state index contributed by atoms with van der Waals surface area (Å²) in [7, 11) is 3.19. The Labute approximate surface area is 173 Å². The lowest BCUT2D eigenvalue weighted by Gasteiger charge is -2.15. The fourth-order valence-electron chi connectivity index (χ4n) is 2.86. The summed E-state index contributed by atoms with van der Waals surface area (Å²) in [4.78, 5) is 8.58. The number of hydrogen-bond acceptors (Lipinski definition) is 7. The molecule has 3 aromatic rings. The second-order valence-corrected chi connectivity index (χ2v) is 6.56. The number of pyridine rings is 2. The summed E-state index contributed by atoms with van der Waals surface area (Å²) in [5.74, 6) is 3.34. The highest BCUT2D eigenvalue weighted by atomic mass is 32.1. The molecule has 1 aromatic carbocycles. The Bertz CT molecular complexity index is 999. The average Bonchev–Trinajstić information content (AvgIpc) is 3.18. The van der Waals surface area contributed by atoms with Crippen molar-refractivity contribution in [3.8, 4) is 17.2 Å². The average molecular weight is 409 g/mol. The van der Waals surface area contributed by atoms with E-state index >= 15 is 0 Å². The van der Waals surface area contributed by atoms with Crippen molar-refractivity contribution in [3.05, 3.63) is 60.4 Å². The van der Waals surface area contributed by atoms with Gasteiger partial charge in [-0.15, -0.1) is 0 Å². The molecule has 1 aliphatic rings. The fourth-order valence-corrected chi connectivity index (χ4v) is 3.09. The summed E-state index contributed by atoms with van der Waals surface area (Å²) < 4.78 is 16.4. The molecule has 0 saturated carbocycles. The van der Waals surface area contributed by atoms with Gasteiger partial charge in [0, 0.05) is 41.8 Å². The maximum absolute atomic E-state index is 5.89. The Balaban J connectivity index is 1.44. The van der Waals surface area contributed by atoms with Crippen molar-refractivity contribution < 1.29 is 14.2 Å². The molecule has 2 aromatic heterocycles. The number of methoxy groups -OCH3 is 2. The van der Waals surface area contributed by atoms with Crippen LogP contribution in [0, 0.1) is 0 Å². The normalized spacial score (nSPS) is 14.2. The molecule has 9 heteroatoms. The van der Waals surface area contributed by atoms with Crippen LogP contribution in [0.5, 0.6) is 17.2 Å². The SMILES string of the molecule is COc1cc(NC(=S)Nc2cc(C3Nc4ncccc4O3)ccn2)cc(OC)c1. The van der Waals surface area contributed by atoms with Crippen molar-refractivity contribution >= 4 is 34.7 Å². The Morgan fingerprint density at radius 2 is 1.83 bits per heavy atom. The number of nitrogens with one attached hydrogen (secondary N) is 3. The largest absolute Gasteiger partial charge is 0.497 e. The van der Waals surface area contributed by atoms with Gasteiger partial charge >= 0.3 is 0 Å². The van der Waals surface area contributed by atoms with Crippen LogP contribution in [0.2, 0.25) is 0 Å². The van der Waals surface area contributed by atoms with Crippen LogP contribution in [0.4, 0.5) is 17.3 Å². The van der Waals surface area contributed by atoms with E-state index in [9.17, 15) is 0 Å². The zero-order valence-corrected chi connectivity index (χ0v) is 16.6. The van der Waals surface area contributed by atoms with E-state index in [4.69, 9.17) is 26.4 Å². The van der Waals surface area contributed by atoms with E-state index in [1.54, 1.807) is 32.7 Å². The van der Waals surface area contributed by atoms with Crippen LogP contribution in [0.1, 0.15) is 11.8 Å². The number of nitrogens with zero attached hydrogens (tertiary/aromatic N) is 2. The first-order chi connectivity index (χ1) is 14.1. The maximum atomic E-state index is 5.89. The van der Waals surface area contributed by atoms with Crippen molar-refractivity contribution in [2.24, 2.45) is 0 Å². The molecule has 0 fully saturated rings. The molecule has 0 radical (unpaired) electrons. The first-order valence-electron chi connectivity index (χ1n) is 8.80. The van der Waals surface area contributed by atoms with Crippen molar-refractivity contribution in [3.63, 3.8) is 0 Å². The van der Waals surface area contributed by atoms with Gasteiger partial charge in [0.25, 0.3) is 0 Å². The molecule has 3 N–H and O–H groups in total. The minimum absolute atomic E-state index is 0.340. The van der Waals surface area contributed by atoms with Gasteiger partial charge in [-0.2, -0.15) is 0 Å². The van der Waals surface area contributed by atoms with Gasteiger partial charge in [-0.25, -0.2) is 9.97 Å². The zero-order chi connectivity index (χ0) is 20.2. The molecule has 8 nitrogen and oxygen atoms in total. The Morgan fingerprint density at radius 1 is 1.03 bits per heavy atom. The van der Waals surface area contributed by atoms with Gasteiger partial charge in [0.2, 0.25) is 0 Å². The van der Waals surface area contributed by atoms with Crippen LogP contribution in [0.15, 0.2) is 54.9 Å². The van der Waals surface area contributed by atoms with Crippen LogP contribution in [0.25, 0.3) is 0 Å². The smallest absolute Gasteiger partial charge is 0.198 e. The summed E-state index contributed by atoms with van der Waals surface area (Å²) >= 11 is 5.41. The van der Waals surface area contributed by atoms with Crippen molar-refractivity contribution in [1.82, 2.24) is 9.97 Å². The number of ether oxygens (including phenoxy) is 3. The lowest BCUT2D eigenvalue weighted by Crippen LogP contribution is -2.20. The number of thiocarbonyl (C=S) groups is 1. The van der Waals surface area contributed by atoms with Gasteiger partial charge in [-0.05, 0) is 36.5 Å².